The van der Waals surface area contributed by atoms with Gasteiger partial charge >= 0.3 is 0 Å². The highest BCUT2D eigenvalue weighted by Crippen LogP contribution is 2.25. The van der Waals surface area contributed by atoms with Gasteiger partial charge in [-0.3, -0.25) is 4.79 Å². The molecule has 1 heterocycles. The molecule has 1 saturated carbocycles. The van der Waals surface area contributed by atoms with E-state index in [4.69, 9.17) is 5.73 Å². The summed E-state index contributed by atoms with van der Waals surface area (Å²) in [5, 5.41) is 4.27. The summed E-state index contributed by atoms with van der Waals surface area (Å²) in [7, 11) is 1.92. The Balaban J connectivity index is 2.07. The Labute approximate surface area is 108 Å². The molecule has 1 aliphatic rings. The molecule has 1 aliphatic carbocycles. The number of nitrogens with two attached hydrogens (primary N) is 1. The fourth-order valence-corrected chi connectivity index (χ4v) is 2.53. The Morgan fingerprint density at radius 1 is 1.50 bits per heavy atom. The lowest BCUT2D eigenvalue weighted by Gasteiger charge is -2.18. The Hall–Kier alpha value is -1.36. The second-order valence-corrected chi connectivity index (χ2v) is 5.09. The molecule has 1 aromatic heterocycles. The van der Waals surface area contributed by atoms with E-state index in [1.165, 1.54) is 25.7 Å². The maximum atomic E-state index is 12.0. The van der Waals surface area contributed by atoms with Crippen LogP contribution in [0.1, 0.15) is 25.7 Å². The first-order valence-corrected chi connectivity index (χ1v) is 6.69. The summed E-state index contributed by atoms with van der Waals surface area (Å²) in [6.07, 6.45) is 6.78. The quantitative estimate of drug-likeness (QED) is 0.840. The summed E-state index contributed by atoms with van der Waals surface area (Å²) in [5.41, 5.74) is 6.33. The molecule has 1 fully saturated rings. The van der Waals surface area contributed by atoms with Crippen molar-refractivity contribution >= 4 is 5.69 Å². The molecule has 0 unspecified atom stereocenters. The molecular formula is C13H22N4O. The minimum Gasteiger partial charge on any atom is -0.372 e. The zero-order chi connectivity index (χ0) is 13.0. The van der Waals surface area contributed by atoms with Gasteiger partial charge in [-0.1, -0.05) is 12.8 Å². The molecule has 0 atom stereocenters. The molecule has 2 N–H and O–H groups in total. The highest BCUT2D eigenvalue weighted by Gasteiger charge is 2.16. The zero-order valence-electron chi connectivity index (χ0n) is 11.0. The van der Waals surface area contributed by atoms with E-state index in [0.29, 0.717) is 12.5 Å². The van der Waals surface area contributed by atoms with Crippen molar-refractivity contribution in [3.05, 3.63) is 22.6 Å². The van der Waals surface area contributed by atoms with Gasteiger partial charge in [0.2, 0.25) is 0 Å². The van der Waals surface area contributed by atoms with Gasteiger partial charge in [-0.05, 0) is 18.8 Å². The van der Waals surface area contributed by atoms with E-state index in [1.807, 2.05) is 11.9 Å². The molecule has 18 heavy (non-hydrogen) atoms. The molecule has 0 aliphatic heterocycles. The van der Waals surface area contributed by atoms with Crippen LogP contribution in [0.25, 0.3) is 0 Å². The molecule has 0 bridgehead atoms. The van der Waals surface area contributed by atoms with Gasteiger partial charge in [0.15, 0.2) is 0 Å². The number of anilines is 1. The summed E-state index contributed by atoms with van der Waals surface area (Å²) in [6.45, 7) is 2.06. The van der Waals surface area contributed by atoms with Crippen molar-refractivity contribution in [3.63, 3.8) is 0 Å². The first kappa shape index (κ1) is 13.1. The van der Waals surface area contributed by atoms with Crippen LogP contribution >= 0.6 is 0 Å². The molecule has 2 rings (SSSR count). The topological polar surface area (TPSA) is 64.2 Å². The van der Waals surface area contributed by atoms with Crippen molar-refractivity contribution < 1.29 is 0 Å². The highest BCUT2D eigenvalue weighted by atomic mass is 16.1. The third-order valence-electron chi connectivity index (χ3n) is 3.67. The van der Waals surface area contributed by atoms with E-state index in [0.717, 1.165) is 18.8 Å². The summed E-state index contributed by atoms with van der Waals surface area (Å²) < 4.78 is 1.59. The second-order valence-electron chi connectivity index (χ2n) is 5.09. The van der Waals surface area contributed by atoms with Gasteiger partial charge < -0.3 is 10.6 Å². The maximum absolute atomic E-state index is 12.0. The number of rotatable bonds is 5. The van der Waals surface area contributed by atoms with Gasteiger partial charge in [0.05, 0.1) is 11.9 Å². The molecular weight excluding hydrogens is 228 g/mol. The lowest BCUT2D eigenvalue weighted by atomic mass is 10.1. The third kappa shape index (κ3) is 3.10. The molecule has 0 amide bonds. The fourth-order valence-electron chi connectivity index (χ4n) is 2.53. The third-order valence-corrected chi connectivity index (χ3v) is 3.67. The van der Waals surface area contributed by atoms with Crippen LogP contribution < -0.4 is 16.2 Å². The van der Waals surface area contributed by atoms with E-state index in [1.54, 1.807) is 16.9 Å². The number of likely N-dealkylation sites (N-methyl/N-ethyl adjacent to an activating group) is 1. The molecule has 1 aromatic rings. The van der Waals surface area contributed by atoms with Crippen LogP contribution in [-0.4, -0.2) is 29.9 Å². The SMILES string of the molecule is CN(CCN)c1cnn(CC2CCCC2)c(=O)c1. The Morgan fingerprint density at radius 3 is 2.83 bits per heavy atom. The smallest absolute Gasteiger partial charge is 0.268 e. The molecule has 0 spiro atoms. The van der Waals surface area contributed by atoms with Gasteiger partial charge in [-0.15, -0.1) is 0 Å². The number of aromatic nitrogens is 2. The van der Waals surface area contributed by atoms with E-state index < -0.39 is 0 Å². The van der Waals surface area contributed by atoms with Gasteiger partial charge in [-0.2, -0.15) is 5.10 Å². The summed E-state index contributed by atoms with van der Waals surface area (Å²) in [6, 6.07) is 1.65. The Bertz CT molecular complexity index is 437. The van der Waals surface area contributed by atoms with E-state index in [2.05, 4.69) is 5.10 Å². The van der Waals surface area contributed by atoms with E-state index in [9.17, 15) is 4.79 Å². The first-order chi connectivity index (χ1) is 8.70. The molecule has 0 radical (unpaired) electrons. The summed E-state index contributed by atoms with van der Waals surface area (Å²) >= 11 is 0. The number of hydrogen-bond acceptors (Lipinski definition) is 4. The number of hydrogen-bond donors (Lipinski definition) is 1. The lowest BCUT2D eigenvalue weighted by Crippen LogP contribution is -2.29. The largest absolute Gasteiger partial charge is 0.372 e. The second kappa shape index (κ2) is 6.00. The standard InChI is InChI=1S/C13H22N4O/c1-16(7-6-14)12-8-13(18)17(15-9-12)10-11-4-2-3-5-11/h8-9,11H,2-7,10,14H2,1H3. The summed E-state index contributed by atoms with van der Waals surface area (Å²) in [4.78, 5) is 13.9. The lowest BCUT2D eigenvalue weighted by molar-refractivity contribution is 0.415. The Morgan fingerprint density at radius 2 is 2.22 bits per heavy atom. The number of nitrogens with zero attached hydrogens (tertiary/aromatic N) is 3. The molecule has 0 saturated heterocycles. The van der Waals surface area contributed by atoms with Gasteiger partial charge in [0, 0.05) is 32.7 Å². The van der Waals surface area contributed by atoms with Crippen molar-refractivity contribution in [2.45, 2.75) is 32.2 Å². The predicted octanol–water partition coefficient (Wildman–Crippen LogP) is 0.828. The monoisotopic (exact) mass is 250 g/mol. The van der Waals surface area contributed by atoms with E-state index in [-0.39, 0.29) is 5.56 Å². The van der Waals surface area contributed by atoms with Crippen LogP contribution in [0.15, 0.2) is 17.1 Å². The predicted molar refractivity (Wildman–Crippen MR) is 72.8 cm³/mol. The van der Waals surface area contributed by atoms with Crippen LogP contribution in [0, 0.1) is 5.92 Å². The van der Waals surface area contributed by atoms with Gasteiger partial charge in [0.25, 0.3) is 5.56 Å². The summed E-state index contributed by atoms with van der Waals surface area (Å²) in [5.74, 6) is 0.628. The van der Waals surface area contributed by atoms with Crippen molar-refractivity contribution in [3.8, 4) is 0 Å². The normalized spacial score (nSPS) is 16.1. The maximum Gasteiger partial charge on any atom is 0.268 e. The van der Waals surface area contributed by atoms with Crippen LogP contribution in [0.3, 0.4) is 0 Å². The van der Waals surface area contributed by atoms with Crippen LogP contribution in [0.2, 0.25) is 0 Å². The average Bonchev–Trinajstić information content (AvgIpc) is 2.85. The van der Waals surface area contributed by atoms with Crippen LogP contribution in [-0.2, 0) is 6.54 Å². The van der Waals surface area contributed by atoms with Crippen molar-refractivity contribution in [1.82, 2.24) is 9.78 Å². The van der Waals surface area contributed by atoms with Gasteiger partial charge in [0.1, 0.15) is 0 Å². The minimum atomic E-state index is -0.0109. The minimum absolute atomic E-state index is 0.0109. The van der Waals surface area contributed by atoms with Crippen LogP contribution in [0.4, 0.5) is 5.69 Å². The van der Waals surface area contributed by atoms with Crippen molar-refractivity contribution in [1.29, 1.82) is 0 Å². The highest BCUT2D eigenvalue weighted by molar-refractivity contribution is 5.41. The fraction of sp³-hybridized carbons (Fsp3) is 0.692. The molecule has 100 valence electrons. The van der Waals surface area contributed by atoms with Crippen molar-refractivity contribution in [2.75, 3.05) is 25.0 Å². The molecule has 5 heteroatoms. The van der Waals surface area contributed by atoms with Crippen molar-refractivity contribution in [2.24, 2.45) is 11.7 Å². The zero-order valence-corrected chi connectivity index (χ0v) is 11.0. The first-order valence-electron chi connectivity index (χ1n) is 6.69. The Kier molecular flexibility index (Phi) is 4.36. The van der Waals surface area contributed by atoms with E-state index >= 15 is 0 Å². The molecule has 0 aromatic carbocycles. The molecule has 5 nitrogen and oxygen atoms in total. The van der Waals surface area contributed by atoms with Gasteiger partial charge in [-0.25, -0.2) is 4.68 Å². The average molecular weight is 250 g/mol. The van der Waals surface area contributed by atoms with Crippen LogP contribution in [0.5, 0.6) is 0 Å².